The van der Waals surface area contributed by atoms with E-state index < -0.39 is 6.09 Å². The molecule has 0 radical (unpaired) electrons. The van der Waals surface area contributed by atoms with Crippen molar-refractivity contribution in [2.45, 2.75) is 0 Å². The van der Waals surface area contributed by atoms with Crippen molar-refractivity contribution in [2.24, 2.45) is 0 Å². The third-order valence-electron chi connectivity index (χ3n) is 6.22. The van der Waals surface area contributed by atoms with Crippen LogP contribution in [-0.4, -0.2) is 42.7 Å². The highest BCUT2D eigenvalue weighted by Crippen LogP contribution is 2.31. The van der Waals surface area contributed by atoms with Crippen molar-refractivity contribution in [1.82, 2.24) is 19.9 Å². The van der Waals surface area contributed by atoms with Gasteiger partial charge in [-0.3, -0.25) is 14.9 Å². The topological polar surface area (TPSA) is 237 Å². The number of ketones is 2. The van der Waals surface area contributed by atoms with Crippen molar-refractivity contribution in [2.75, 3.05) is 33.2 Å². The summed E-state index contributed by atoms with van der Waals surface area (Å²) in [4.78, 5) is 52.0. The van der Waals surface area contributed by atoms with Crippen LogP contribution in [0.25, 0.3) is 0 Å². The van der Waals surface area contributed by atoms with E-state index in [2.05, 4.69) is 35.9 Å². The van der Waals surface area contributed by atoms with Crippen LogP contribution in [0.15, 0.2) is 85.2 Å². The van der Waals surface area contributed by atoms with Gasteiger partial charge < -0.3 is 32.9 Å². The van der Waals surface area contributed by atoms with Crippen molar-refractivity contribution in [1.29, 1.82) is 0 Å². The van der Waals surface area contributed by atoms with Crippen LogP contribution < -0.4 is 33.2 Å². The Bertz CT molecular complexity index is 2110. The van der Waals surface area contributed by atoms with Crippen LogP contribution in [0.1, 0.15) is 30.5 Å². The molecule has 6 rings (SSSR count). The van der Waals surface area contributed by atoms with Crippen molar-refractivity contribution < 1.29 is 28.3 Å². The van der Waals surface area contributed by atoms with Gasteiger partial charge in [0.2, 0.25) is 11.6 Å². The lowest BCUT2D eigenvalue weighted by molar-refractivity contribution is 0.103. The zero-order valence-corrected chi connectivity index (χ0v) is 26.5. The van der Waals surface area contributed by atoms with E-state index in [4.69, 9.17) is 22.3 Å². The molecule has 6 aromatic rings. The SMILES string of the molecule is Nc1ccc(C(=O)c2sc(Nc3ccc(F)cc3)nc2N)cn1.Nc1nc(Nc2ccc(F)cc2)sc1C(=O)c1ccc(NC(=O)O)nc1. The highest BCUT2D eigenvalue weighted by molar-refractivity contribution is 7.18. The third kappa shape index (κ3) is 8.84. The molecule has 49 heavy (non-hydrogen) atoms. The summed E-state index contributed by atoms with van der Waals surface area (Å²) in [5.74, 6) is -0.748. The molecule has 0 fully saturated rings. The molecule has 14 nitrogen and oxygen atoms in total. The van der Waals surface area contributed by atoms with Crippen molar-refractivity contribution in [3.05, 3.63) is 118 Å². The van der Waals surface area contributed by atoms with Crippen LogP contribution in [0.4, 0.5) is 58.5 Å². The number of thiazole rings is 2. The number of nitrogens with zero attached hydrogens (tertiary/aromatic N) is 4. The number of halogens is 2. The Morgan fingerprint density at radius 2 is 1.08 bits per heavy atom. The van der Waals surface area contributed by atoms with Gasteiger partial charge in [-0.05, 0) is 72.8 Å². The lowest BCUT2D eigenvalue weighted by Crippen LogP contribution is -2.09. The molecule has 248 valence electrons. The summed E-state index contributed by atoms with van der Waals surface area (Å²) in [6, 6.07) is 17.4. The van der Waals surface area contributed by atoms with E-state index in [0.717, 1.165) is 22.7 Å². The lowest BCUT2D eigenvalue weighted by atomic mass is 10.1. The molecule has 10 N–H and O–H groups in total. The number of nitrogens with two attached hydrogens (primary N) is 3. The number of rotatable bonds is 9. The minimum absolute atomic E-state index is 0.0531. The third-order valence-corrected chi connectivity index (χ3v) is 8.19. The van der Waals surface area contributed by atoms with Gasteiger partial charge in [-0.15, -0.1) is 0 Å². The molecule has 4 heterocycles. The van der Waals surface area contributed by atoms with E-state index in [-0.39, 0.29) is 51.1 Å². The van der Waals surface area contributed by atoms with E-state index in [0.29, 0.717) is 37.9 Å². The number of carboxylic acid groups (broad SMARTS) is 1. The lowest BCUT2D eigenvalue weighted by Gasteiger charge is -2.02. The van der Waals surface area contributed by atoms with Crippen molar-refractivity contribution in [3.63, 3.8) is 0 Å². The van der Waals surface area contributed by atoms with Crippen LogP contribution in [0, 0.1) is 11.6 Å². The molecular weight excluding hydrogens is 679 g/mol. The first-order chi connectivity index (χ1) is 23.4. The normalized spacial score (nSPS) is 10.4. The zero-order valence-electron chi connectivity index (χ0n) is 24.8. The number of amides is 1. The summed E-state index contributed by atoms with van der Waals surface area (Å²) in [6.45, 7) is 0. The summed E-state index contributed by atoms with van der Waals surface area (Å²) in [7, 11) is 0. The number of nitrogen functional groups attached to an aromatic ring is 3. The minimum Gasteiger partial charge on any atom is -0.465 e. The van der Waals surface area contributed by atoms with Gasteiger partial charge in [-0.25, -0.2) is 33.5 Å². The van der Waals surface area contributed by atoms with Crippen LogP contribution in [0.3, 0.4) is 0 Å². The van der Waals surface area contributed by atoms with Crippen LogP contribution in [0.2, 0.25) is 0 Å². The number of hydrogen-bond donors (Lipinski definition) is 7. The van der Waals surface area contributed by atoms with Crippen LogP contribution in [-0.2, 0) is 0 Å². The molecule has 0 aliphatic heterocycles. The molecule has 0 aliphatic carbocycles. The Balaban J connectivity index is 0.000000192. The second kappa shape index (κ2) is 14.9. The quantitative estimate of drug-likeness (QED) is 0.0839. The number of aromatic nitrogens is 4. The first-order valence-corrected chi connectivity index (χ1v) is 15.4. The van der Waals surface area contributed by atoms with Gasteiger partial charge in [0.25, 0.3) is 0 Å². The Labute approximate surface area is 283 Å². The smallest absolute Gasteiger partial charge is 0.410 e. The van der Waals surface area contributed by atoms with E-state index >= 15 is 0 Å². The number of pyridine rings is 2. The van der Waals surface area contributed by atoms with Gasteiger partial charge in [-0.1, -0.05) is 22.7 Å². The summed E-state index contributed by atoms with van der Waals surface area (Å²) in [5.41, 5.74) is 19.0. The fourth-order valence-corrected chi connectivity index (χ4v) is 5.66. The average Bonchev–Trinajstić information content (AvgIpc) is 3.64. The maximum Gasteiger partial charge on any atom is 0.410 e. The van der Waals surface area contributed by atoms with Gasteiger partial charge in [0, 0.05) is 34.9 Å². The molecule has 0 saturated carbocycles. The number of carbonyl (C=O) groups excluding carboxylic acids is 2. The summed E-state index contributed by atoms with van der Waals surface area (Å²) >= 11 is 2.16. The van der Waals surface area contributed by atoms with E-state index in [1.165, 1.54) is 60.9 Å². The predicted molar refractivity (Wildman–Crippen MR) is 184 cm³/mol. The molecule has 0 atom stereocenters. The summed E-state index contributed by atoms with van der Waals surface area (Å²) in [5, 5.41) is 17.5. The van der Waals surface area contributed by atoms with Crippen molar-refractivity contribution >= 4 is 85.2 Å². The van der Waals surface area contributed by atoms with Crippen LogP contribution in [0.5, 0.6) is 0 Å². The van der Waals surface area contributed by atoms with E-state index in [9.17, 15) is 23.2 Å². The maximum absolute atomic E-state index is 12.9. The molecule has 18 heteroatoms. The molecule has 0 spiro atoms. The highest BCUT2D eigenvalue weighted by Gasteiger charge is 2.20. The van der Waals surface area contributed by atoms with E-state index in [1.54, 1.807) is 24.3 Å². The Morgan fingerprint density at radius 1 is 0.633 bits per heavy atom. The molecule has 2 aromatic carbocycles. The van der Waals surface area contributed by atoms with Crippen LogP contribution >= 0.6 is 22.7 Å². The Hall–Kier alpha value is -6.53. The van der Waals surface area contributed by atoms with Gasteiger partial charge in [0.15, 0.2) is 10.3 Å². The van der Waals surface area contributed by atoms with Gasteiger partial charge in [-0.2, -0.15) is 0 Å². The van der Waals surface area contributed by atoms with Gasteiger partial charge in [0.1, 0.15) is 44.7 Å². The van der Waals surface area contributed by atoms with Gasteiger partial charge in [0.05, 0.1) is 0 Å². The molecule has 4 aromatic heterocycles. The molecule has 0 aliphatic rings. The monoisotopic (exact) mass is 702 g/mol. The fourth-order valence-electron chi connectivity index (χ4n) is 3.92. The minimum atomic E-state index is -1.25. The Morgan fingerprint density at radius 3 is 1.47 bits per heavy atom. The number of hydrogen-bond acceptors (Lipinski definition) is 14. The largest absolute Gasteiger partial charge is 0.465 e. The van der Waals surface area contributed by atoms with Gasteiger partial charge >= 0.3 is 6.09 Å². The number of benzene rings is 2. The standard InChI is InChI=1S/C16H12FN5O3S.C15H12FN5OS/c17-9-2-4-10(5-3-9)20-15-22-14(18)13(26-15)12(23)8-1-6-11(19-7-8)21-16(24)25;16-9-2-4-10(5-3-9)20-15-21-14(18)13(23-15)12(22)8-1-6-11(17)19-7-8/h1-7H,18H2,(H,19,21)(H,20,22)(H,24,25);1-7H,18H2,(H2,17,19)(H,20,21). The molecule has 0 unspecified atom stereocenters. The number of nitrogens with one attached hydrogen (secondary N) is 3. The molecule has 0 saturated heterocycles. The first-order valence-electron chi connectivity index (χ1n) is 13.8. The molecule has 0 bridgehead atoms. The summed E-state index contributed by atoms with van der Waals surface area (Å²) in [6.07, 6.45) is 1.39. The van der Waals surface area contributed by atoms with Crippen molar-refractivity contribution in [3.8, 4) is 0 Å². The number of carbonyl (C=O) groups is 3. The predicted octanol–water partition coefficient (Wildman–Crippen LogP) is 6.14. The maximum atomic E-state index is 12.9. The Kier molecular flexibility index (Phi) is 10.3. The van der Waals surface area contributed by atoms with E-state index in [1.807, 2.05) is 0 Å². The summed E-state index contributed by atoms with van der Waals surface area (Å²) < 4.78 is 25.8. The second-order valence-corrected chi connectivity index (χ2v) is 11.7. The average molecular weight is 703 g/mol. The second-order valence-electron chi connectivity index (χ2n) is 9.72. The first kappa shape index (κ1) is 33.8. The highest BCUT2D eigenvalue weighted by atomic mass is 32.1. The zero-order chi connectivity index (χ0) is 35.1. The fraction of sp³-hybridized carbons (Fsp3) is 0. The molecular formula is C31H24F2N10O4S2. The number of anilines is 8. The molecule has 1 amide bonds.